The Morgan fingerprint density at radius 3 is 2.40 bits per heavy atom. The lowest BCUT2D eigenvalue weighted by Gasteiger charge is -2.10. The highest BCUT2D eigenvalue weighted by atomic mass is 32.2. The van der Waals surface area contributed by atoms with Crippen LogP contribution in [0.4, 0.5) is 0 Å². The van der Waals surface area contributed by atoms with E-state index in [1.807, 2.05) is 68.4 Å². The van der Waals surface area contributed by atoms with Crippen molar-refractivity contribution in [2.45, 2.75) is 25.9 Å². The summed E-state index contributed by atoms with van der Waals surface area (Å²) in [6.07, 6.45) is 0. The molecule has 0 bridgehead atoms. The van der Waals surface area contributed by atoms with Gasteiger partial charge in [-0.2, -0.15) is 0 Å². The number of nitrogens with zero attached hydrogens (tertiary/aromatic N) is 3. The van der Waals surface area contributed by atoms with E-state index in [-0.39, 0.29) is 5.78 Å². The number of para-hydroxylation sites is 3. The van der Waals surface area contributed by atoms with E-state index < -0.39 is 0 Å². The quantitative estimate of drug-likeness (QED) is 0.209. The van der Waals surface area contributed by atoms with E-state index in [1.54, 1.807) is 0 Å². The summed E-state index contributed by atoms with van der Waals surface area (Å²) in [5.41, 5.74) is 7.85. The van der Waals surface area contributed by atoms with Crippen LogP contribution in [0.5, 0.6) is 0 Å². The zero-order valence-corrected chi connectivity index (χ0v) is 18.0. The van der Waals surface area contributed by atoms with Crippen LogP contribution in [0.15, 0.2) is 65.8 Å². The monoisotopic (exact) mass is 411 g/mol. The molecule has 0 radical (unpaired) electrons. The fourth-order valence-corrected chi connectivity index (χ4v) is 4.77. The number of carbonyl (C=O) groups is 1. The van der Waals surface area contributed by atoms with Crippen LogP contribution < -0.4 is 0 Å². The Balaban J connectivity index is 1.60. The van der Waals surface area contributed by atoms with Gasteiger partial charge in [0.15, 0.2) is 10.9 Å². The van der Waals surface area contributed by atoms with Gasteiger partial charge in [0, 0.05) is 10.9 Å². The zero-order valence-electron chi connectivity index (χ0n) is 17.1. The molecule has 0 unspecified atom stereocenters. The van der Waals surface area contributed by atoms with E-state index >= 15 is 0 Å². The van der Waals surface area contributed by atoms with Crippen molar-refractivity contribution >= 4 is 45.1 Å². The fourth-order valence-electron chi connectivity index (χ4n) is 3.88. The Bertz CT molecular complexity index is 1450. The number of thioether (sulfide) groups is 1. The van der Waals surface area contributed by atoms with Crippen LogP contribution in [0.2, 0.25) is 0 Å². The van der Waals surface area contributed by atoms with Crippen molar-refractivity contribution in [1.82, 2.24) is 14.4 Å². The molecule has 0 fully saturated rings. The van der Waals surface area contributed by atoms with Gasteiger partial charge < -0.3 is 0 Å². The van der Waals surface area contributed by atoms with Crippen molar-refractivity contribution in [2.75, 3.05) is 5.75 Å². The molecule has 0 saturated carbocycles. The van der Waals surface area contributed by atoms with E-state index in [4.69, 9.17) is 9.97 Å². The van der Waals surface area contributed by atoms with E-state index in [9.17, 15) is 4.79 Å². The van der Waals surface area contributed by atoms with Crippen molar-refractivity contribution in [2.24, 2.45) is 0 Å². The highest BCUT2D eigenvalue weighted by Gasteiger charge is 2.17. The predicted molar refractivity (Wildman–Crippen MR) is 124 cm³/mol. The molecule has 4 nitrogen and oxygen atoms in total. The maximum Gasteiger partial charge on any atom is 0.175 e. The SMILES string of the molecule is Cc1cc(C)c(C(=O)CSc2nc3ccccc3c3nc4ccccc4n23)cc1C. The number of ketones is 1. The normalized spacial score (nSPS) is 11.6. The summed E-state index contributed by atoms with van der Waals surface area (Å²) in [6, 6.07) is 20.2. The first kappa shape index (κ1) is 18.8. The maximum atomic E-state index is 13.0. The number of Topliss-reactive ketones (excluding diaryl/α,β-unsaturated/α-hetero) is 1. The molecule has 0 spiro atoms. The molecule has 5 rings (SSSR count). The van der Waals surface area contributed by atoms with Gasteiger partial charge in [-0.3, -0.25) is 9.20 Å². The van der Waals surface area contributed by atoms with Crippen molar-refractivity contribution < 1.29 is 4.79 Å². The number of fused-ring (bicyclic) bond motifs is 5. The van der Waals surface area contributed by atoms with Crippen LogP contribution in [0, 0.1) is 20.8 Å². The minimum absolute atomic E-state index is 0.119. The van der Waals surface area contributed by atoms with Crippen LogP contribution in [-0.2, 0) is 0 Å². The van der Waals surface area contributed by atoms with Gasteiger partial charge in [0.25, 0.3) is 0 Å². The maximum absolute atomic E-state index is 13.0. The van der Waals surface area contributed by atoms with E-state index in [2.05, 4.69) is 17.4 Å². The number of aromatic nitrogens is 3. The third kappa shape index (κ3) is 3.06. The first-order chi connectivity index (χ1) is 14.5. The second-order valence-electron chi connectivity index (χ2n) is 7.63. The summed E-state index contributed by atoms with van der Waals surface area (Å²) < 4.78 is 2.07. The standard InChI is InChI=1S/C25H21N3OS/c1-15-12-17(3)19(13-16(15)2)23(29)14-30-25-27-20-9-5-4-8-18(20)24-26-21-10-6-7-11-22(21)28(24)25/h4-13H,14H2,1-3H3. The second kappa shape index (κ2) is 7.26. The lowest BCUT2D eigenvalue weighted by atomic mass is 9.99. The Labute approximate surface area is 179 Å². The van der Waals surface area contributed by atoms with Crippen molar-refractivity contribution in [3.63, 3.8) is 0 Å². The van der Waals surface area contributed by atoms with Crippen LogP contribution >= 0.6 is 11.8 Å². The molecule has 2 heterocycles. The molecule has 148 valence electrons. The molecule has 2 aromatic heterocycles. The summed E-state index contributed by atoms with van der Waals surface area (Å²) in [6.45, 7) is 6.12. The summed E-state index contributed by atoms with van der Waals surface area (Å²) in [4.78, 5) is 22.8. The molecule has 0 saturated heterocycles. The topological polar surface area (TPSA) is 47.3 Å². The average Bonchev–Trinajstić information content (AvgIpc) is 3.14. The first-order valence-corrected chi connectivity index (χ1v) is 10.9. The van der Waals surface area contributed by atoms with E-state index in [0.29, 0.717) is 5.75 Å². The Morgan fingerprint density at radius 2 is 1.57 bits per heavy atom. The molecule has 0 aliphatic rings. The third-order valence-corrected chi connectivity index (χ3v) is 6.53. The minimum Gasteiger partial charge on any atom is -0.293 e. The van der Waals surface area contributed by atoms with Gasteiger partial charge in [0.05, 0.1) is 22.3 Å². The predicted octanol–water partition coefficient (Wildman–Crippen LogP) is 5.94. The summed E-state index contributed by atoms with van der Waals surface area (Å²) >= 11 is 1.47. The fraction of sp³-hybridized carbons (Fsp3) is 0.160. The van der Waals surface area contributed by atoms with E-state index in [1.165, 1.54) is 17.3 Å². The lowest BCUT2D eigenvalue weighted by Crippen LogP contribution is -2.07. The summed E-state index contributed by atoms with van der Waals surface area (Å²) in [7, 11) is 0. The number of rotatable bonds is 4. The van der Waals surface area contributed by atoms with Crippen LogP contribution in [-0.4, -0.2) is 25.9 Å². The van der Waals surface area contributed by atoms with Crippen LogP contribution in [0.25, 0.3) is 27.6 Å². The molecule has 0 atom stereocenters. The van der Waals surface area contributed by atoms with E-state index in [0.717, 1.165) is 49.4 Å². The Morgan fingerprint density at radius 1 is 0.867 bits per heavy atom. The number of benzene rings is 3. The highest BCUT2D eigenvalue weighted by Crippen LogP contribution is 2.29. The number of imidazole rings is 1. The van der Waals surface area contributed by atoms with Gasteiger partial charge in [-0.15, -0.1) is 0 Å². The second-order valence-corrected chi connectivity index (χ2v) is 8.58. The molecule has 0 amide bonds. The third-order valence-electron chi connectivity index (χ3n) is 5.59. The zero-order chi connectivity index (χ0) is 20.8. The van der Waals surface area contributed by atoms with Crippen molar-refractivity contribution in [3.8, 4) is 0 Å². The van der Waals surface area contributed by atoms with Gasteiger partial charge in [-0.25, -0.2) is 9.97 Å². The minimum atomic E-state index is 0.119. The number of hydrogen-bond donors (Lipinski definition) is 0. The number of aryl methyl sites for hydroxylation is 3. The average molecular weight is 412 g/mol. The largest absolute Gasteiger partial charge is 0.293 e. The smallest absolute Gasteiger partial charge is 0.175 e. The highest BCUT2D eigenvalue weighted by molar-refractivity contribution is 7.99. The Kier molecular flexibility index (Phi) is 4.55. The van der Waals surface area contributed by atoms with Gasteiger partial charge in [-0.1, -0.05) is 42.1 Å². The molecule has 30 heavy (non-hydrogen) atoms. The van der Waals surface area contributed by atoms with Crippen LogP contribution in [0.1, 0.15) is 27.0 Å². The number of carbonyl (C=O) groups excluding carboxylic acids is 1. The first-order valence-electron chi connectivity index (χ1n) is 9.93. The van der Waals surface area contributed by atoms with Gasteiger partial charge in [0.2, 0.25) is 0 Å². The Hall–Kier alpha value is -3.18. The molecule has 5 heteroatoms. The number of hydrogen-bond acceptors (Lipinski definition) is 4. The summed E-state index contributed by atoms with van der Waals surface area (Å²) in [5.74, 6) is 0.448. The van der Waals surface area contributed by atoms with Crippen molar-refractivity contribution in [1.29, 1.82) is 0 Å². The van der Waals surface area contributed by atoms with Gasteiger partial charge in [0.1, 0.15) is 5.65 Å². The van der Waals surface area contributed by atoms with Gasteiger partial charge in [-0.05, 0) is 67.8 Å². The molecular formula is C25H21N3OS. The van der Waals surface area contributed by atoms with Gasteiger partial charge >= 0.3 is 0 Å². The lowest BCUT2D eigenvalue weighted by molar-refractivity contribution is 0.102. The molecular weight excluding hydrogens is 390 g/mol. The molecule has 0 aliphatic heterocycles. The molecule has 0 aliphatic carbocycles. The van der Waals surface area contributed by atoms with Crippen LogP contribution in [0.3, 0.4) is 0 Å². The summed E-state index contributed by atoms with van der Waals surface area (Å²) in [5, 5.41) is 1.79. The molecule has 3 aromatic carbocycles. The molecule has 5 aromatic rings. The molecule has 0 N–H and O–H groups in total. The van der Waals surface area contributed by atoms with Crippen molar-refractivity contribution in [3.05, 3.63) is 82.9 Å².